The molecule has 0 amide bonds. The molecule has 0 bridgehead atoms. The van der Waals surface area contributed by atoms with Crippen molar-refractivity contribution in [3.05, 3.63) is 14.6 Å². The van der Waals surface area contributed by atoms with Crippen molar-refractivity contribution in [2.45, 2.75) is 32.6 Å². The zero-order valence-electron chi connectivity index (χ0n) is 12.5. The molecule has 0 unspecified atom stereocenters. The molecule has 0 aromatic carbocycles. The summed E-state index contributed by atoms with van der Waals surface area (Å²) in [6.07, 6.45) is 0. The van der Waals surface area contributed by atoms with Gasteiger partial charge in [0, 0.05) is 20.2 Å². The zero-order chi connectivity index (χ0) is 15.3. The summed E-state index contributed by atoms with van der Waals surface area (Å²) in [5.74, 6) is 1.18. The maximum Gasteiger partial charge on any atom is 0.232 e. The molecule has 0 fully saturated rings. The molecule has 7 heteroatoms. The maximum atomic E-state index is 5.70. The number of methoxy groups -OCH3 is 1. The second-order valence-corrected chi connectivity index (χ2v) is 12.8. The van der Waals surface area contributed by atoms with E-state index in [0.29, 0.717) is 20.7 Å². The van der Waals surface area contributed by atoms with Crippen molar-refractivity contribution in [2.24, 2.45) is 0 Å². The van der Waals surface area contributed by atoms with Crippen LogP contribution in [-0.4, -0.2) is 33.6 Å². The van der Waals surface area contributed by atoms with Gasteiger partial charge in [-0.2, -0.15) is 0 Å². The Morgan fingerprint density at radius 1 is 1.20 bits per heavy atom. The first-order valence-corrected chi connectivity index (χ1v) is 11.7. The number of hydrogen-bond donors (Lipinski definition) is 0. The minimum Gasteiger partial charge on any atom is -0.480 e. The third-order valence-corrected chi connectivity index (χ3v) is 5.89. The molecule has 1 aromatic heterocycles. The summed E-state index contributed by atoms with van der Waals surface area (Å²) in [5.41, 5.74) is 0.909. The second-order valence-electron chi connectivity index (χ2n) is 5.66. The topological polar surface area (TPSA) is 40.6 Å². The standard InChI is InChI=1S/C13H21Br2NO3Si/c1-9-11(10(14)13(17-2)16-12(9)15)19-8-18-6-7-20(3,4)5/h6-8H2,1-5H3. The predicted molar refractivity (Wildman–Crippen MR) is 90.5 cm³/mol. The van der Waals surface area contributed by atoms with E-state index in [1.165, 1.54) is 0 Å². The fraction of sp³-hybridized carbons (Fsp3) is 0.615. The van der Waals surface area contributed by atoms with Crippen molar-refractivity contribution in [1.82, 2.24) is 4.98 Å². The van der Waals surface area contributed by atoms with Gasteiger partial charge in [0.15, 0.2) is 6.79 Å². The molecular weight excluding hydrogens is 406 g/mol. The third kappa shape index (κ3) is 5.35. The van der Waals surface area contributed by atoms with E-state index < -0.39 is 8.07 Å². The van der Waals surface area contributed by atoms with Crippen molar-refractivity contribution >= 4 is 39.9 Å². The van der Waals surface area contributed by atoms with E-state index >= 15 is 0 Å². The number of hydrogen-bond acceptors (Lipinski definition) is 4. The lowest BCUT2D eigenvalue weighted by Gasteiger charge is -2.17. The summed E-state index contributed by atoms with van der Waals surface area (Å²) in [5, 5.41) is 0. The Balaban J connectivity index is 2.62. The molecule has 114 valence electrons. The van der Waals surface area contributed by atoms with Gasteiger partial charge >= 0.3 is 0 Å². The van der Waals surface area contributed by atoms with Crippen LogP contribution in [0, 0.1) is 6.92 Å². The van der Waals surface area contributed by atoms with Gasteiger partial charge in [-0.1, -0.05) is 19.6 Å². The summed E-state index contributed by atoms with van der Waals surface area (Å²) in [4.78, 5) is 4.26. The van der Waals surface area contributed by atoms with Crippen LogP contribution in [0.1, 0.15) is 5.56 Å². The lowest BCUT2D eigenvalue weighted by Crippen LogP contribution is -2.22. The van der Waals surface area contributed by atoms with Crippen LogP contribution < -0.4 is 9.47 Å². The Bertz CT molecular complexity index is 464. The van der Waals surface area contributed by atoms with Crippen LogP contribution in [0.25, 0.3) is 0 Å². The molecule has 0 saturated heterocycles. The number of nitrogens with zero attached hydrogens (tertiary/aromatic N) is 1. The minimum atomic E-state index is -1.06. The number of pyridine rings is 1. The summed E-state index contributed by atoms with van der Waals surface area (Å²) in [6, 6.07) is 1.12. The molecule has 1 heterocycles. The van der Waals surface area contributed by atoms with Gasteiger partial charge in [-0.15, -0.1) is 0 Å². The molecule has 0 N–H and O–H groups in total. The Kier molecular flexibility index (Phi) is 6.97. The van der Waals surface area contributed by atoms with Crippen LogP contribution in [0.4, 0.5) is 0 Å². The van der Waals surface area contributed by atoms with Crippen LogP contribution in [0.5, 0.6) is 11.6 Å². The quantitative estimate of drug-likeness (QED) is 0.276. The first-order valence-electron chi connectivity index (χ1n) is 6.36. The molecule has 0 aliphatic heterocycles. The van der Waals surface area contributed by atoms with Gasteiger partial charge in [-0.05, 0) is 44.8 Å². The average Bonchev–Trinajstić information content (AvgIpc) is 2.35. The summed E-state index contributed by atoms with van der Waals surface area (Å²) in [6.45, 7) is 9.85. The highest BCUT2D eigenvalue weighted by molar-refractivity contribution is 9.11. The molecule has 0 atom stereocenters. The normalized spacial score (nSPS) is 11.6. The predicted octanol–water partition coefficient (Wildman–Crippen LogP) is 4.61. The van der Waals surface area contributed by atoms with Crippen molar-refractivity contribution in [2.75, 3.05) is 20.5 Å². The summed E-state index contributed by atoms with van der Waals surface area (Å²) >= 11 is 6.84. The fourth-order valence-electron chi connectivity index (χ4n) is 1.42. The van der Waals surface area contributed by atoms with E-state index in [1.54, 1.807) is 7.11 Å². The Morgan fingerprint density at radius 3 is 2.40 bits per heavy atom. The largest absolute Gasteiger partial charge is 0.480 e. The molecule has 1 aromatic rings. The lowest BCUT2D eigenvalue weighted by molar-refractivity contribution is 0.0209. The molecule has 0 aliphatic carbocycles. The van der Waals surface area contributed by atoms with Crippen LogP contribution in [0.3, 0.4) is 0 Å². The molecule has 0 saturated carbocycles. The van der Waals surface area contributed by atoms with Crippen LogP contribution in [0.2, 0.25) is 25.7 Å². The lowest BCUT2D eigenvalue weighted by atomic mass is 10.3. The highest BCUT2D eigenvalue weighted by Crippen LogP contribution is 2.38. The number of aromatic nitrogens is 1. The number of ether oxygens (including phenoxy) is 3. The number of rotatable bonds is 7. The van der Waals surface area contributed by atoms with Gasteiger partial charge in [0.2, 0.25) is 5.88 Å². The molecule has 0 radical (unpaired) electrons. The SMILES string of the molecule is COc1nc(Br)c(C)c(OCOCC[Si](C)(C)C)c1Br. The molecule has 0 aliphatic rings. The third-order valence-electron chi connectivity index (χ3n) is 2.71. The molecule has 1 rings (SSSR count). The smallest absolute Gasteiger partial charge is 0.232 e. The molecule has 0 spiro atoms. The van der Waals surface area contributed by atoms with Crippen molar-refractivity contribution in [3.63, 3.8) is 0 Å². The second kappa shape index (κ2) is 7.77. The van der Waals surface area contributed by atoms with Gasteiger partial charge in [-0.25, -0.2) is 4.98 Å². The highest BCUT2D eigenvalue weighted by Gasteiger charge is 2.17. The monoisotopic (exact) mass is 425 g/mol. The number of halogens is 2. The van der Waals surface area contributed by atoms with Gasteiger partial charge < -0.3 is 14.2 Å². The minimum absolute atomic E-state index is 0.226. The van der Waals surface area contributed by atoms with Crippen molar-refractivity contribution < 1.29 is 14.2 Å². The van der Waals surface area contributed by atoms with E-state index in [4.69, 9.17) is 14.2 Å². The Morgan fingerprint density at radius 2 is 1.85 bits per heavy atom. The summed E-state index contributed by atoms with van der Waals surface area (Å²) in [7, 11) is 0.513. The van der Waals surface area contributed by atoms with E-state index in [1.807, 2.05) is 6.92 Å². The zero-order valence-corrected chi connectivity index (χ0v) is 16.7. The highest BCUT2D eigenvalue weighted by atomic mass is 79.9. The maximum absolute atomic E-state index is 5.70. The van der Waals surface area contributed by atoms with E-state index in [2.05, 4.69) is 56.5 Å². The van der Waals surface area contributed by atoms with E-state index in [0.717, 1.165) is 18.2 Å². The molecule has 20 heavy (non-hydrogen) atoms. The van der Waals surface area contributed by atoms with Crippen molar-refractivity contribution in [3.8, 4) is 11.6 Å². The van der Waals surface area contributed by atoms with Crippen LogP contribution >= 0.6 is 31.9 Å². The molecular formula is C13H21Br2NO3Si. The summed E-state index contributed by atoms with van der Waals surface area (Å²) < 4.78 is 17.9. The van der Waals surface area contributed by atoms with Gasteiger partial charge in [0.05, 0.1) is 7.11 Å². The molecule has 4 nitrogen and oxygen atoms in total. The van der Waals surface area contributed by atoms with Crippen molar-refractivity contribution in [1.29, 1.82) is 0 Å². The van der Waals surface area contributed by atoms with Gasteiger partial charge in [0.25, 0.3) is 0 Å². The van der Waals surface area contributed by atoms with Crippen LogP contribution in [0.15, 0.2) is 9.08 Å². The van der Waals surface area contributed by atoms with Crippen LogP contribution in [-0.2, 0) is 4.74 Å². The van der Waals surface area contributed by atoms with E-state index in [9.17, 15) is 0 Å². The first-order chi connectivity index (χ1) is 9.26. The van der Waals surface area contributed by atoms with Gasteiger partial charge in [-0.3, -0.25) is 0 Å². The first kappa shape index (κ1) is 17.9. The fourth-order valence-corrected chi connectivity index (χ4v) is 3.18. The average molecular weight is 427 g/mol. The Labute approximate surface area is 138 Å². The van der Waals surface area contributed by atoms with Gasteiger partial charge in [0.1, 0.15) is 14.8 Å². The van der Waals surface area contributed by atoms with E-state index in [-0.39, 0.29) is 6.79 Å². The Hall–Kier alpha value is -0.113.